The van der Waals surface area contributed by atoms with Gasteiger partial charge in [0.1, 0.15) is 5.82 Å². The van der Waals surface area contributed by atoms with E-state index in [1.54, 1.807) is 7.05 Å². The molecule has 1 aromatic rings. The van der Waals surface area contributed by atoms with Gasteiger partial charge in [0.25, 0.3) is 0 Å². The first-order valence-corrected chi connectivity index (χ1v) is 4.98. The average molecular weight is 194 g/mol. The lowest BCUT2D eigenvalue weighted by atomic mass is 9.87. The summed E-state index contributed by atoms with van der Waals surface area (Å²) in [5.74, 6) is -0.180. The van der Waals surface area contributed by atoms with E-state index in [1.165, 1.54) is 6.07 Å². The Morgan fingerprint density at radius 3 is 3.00 bits per heavy atom. The smallest absolute Gasteiger partial charge is 0.146 e. The zero-order chi connectivity index (χ0) is 10.1. The van der Waals surface area contributed by atoms with Gasteiger partial charge in [-0.15, -0.1) is 0 Å². The first-order chi connectivity index (χ1) is 6.74. The Labute approximate surface area is 83.3 Å². The van der Waals surface area contributed by atoms with Gasteiger partial charge in [-0.3, -0.25) is 0 Å². The second-order valence-corrected chi connectivity index (χ2v) is 3.74. The van der Waals surface area contributed by atoms with Gasteiger partial charge < -0.3 is 11.1 Å². The highest BCUT2D eigenvalue weighted by Gasteiger charge is 2.20. The summed E-state index contributed by atoms with van der Waals surface area (Å²) in [7, 11) is 1.75. The van der Waals surface area contributed by atoms with Crippen molar-refractivity contribution in [1.29, 1.82) is 0 Å². The van der Waals surface area contributed by atoms with Crippen LogP contribution in [0.5, 0.6) is 0 Å². The molecule has 1 atom stereocenters. The van der Waals surface area contributed by atoms with Crippen molar-refractivity contribution in [2.75, 3.05) is 12.4 Å². The third-order valence-electron chi connectivity index (χ3n) is 2.89. The molecule has 0 aromatic heterocycles. The summed E-state index contributed by atoms with van der Waals surface area (Å²) in [5, 5.41) is 2.91. The second-order valence-electron chi connectivity index (χ2n) is 3.74. The number of nitrogens with one attached hydrogen (secondary N) is 1. The first-order valence-electron chi connectivity index (χ1n) is 4.98. The van der Waals surface area contributed by atoms with Gasteiger partial charge in [0.05, 0.1) is 5.69 Å². The Kier molecular flexibility index (Phi) is 2.42. The zero-order valence-electron chi connectivity index (χ0n) is 8.31. The molecular weight excluding hydrogens is 179 g/mol. The van der Waals surface area contributed by atoms with E-state index in [-0.39, 0.29) is 11.9 Å². The maximum Gasteiger partial charge on any atom is 0.146 e. The minimum absolute atomic E-state index is 0.0754. The van der Waals surface area contributed by atoms with Crippen LogP contribution in [-0.2, 0) is 6.42 Å². The number of benzene rings is 1. The molecule has 0 saturated heterocycles. The summed E-state index contributed by atoms with van der Waals surface area (Å²) >= 11 is 0. The van der Waals surface area contributed by atoms with Gasteiger partial charge in [-0.1, -0.05) is 6.07 Å². The van der Waals surface area contributed by atoms with Crippen molar-refractivity contribution < 1.29 is 4.39 Å². The average Bonchev–Trinajstić information content (AvgIpc) is 2.18. The van der Waals surface area contributed by atoms with Crippen LogP contribution < -0.4 is 11.1 Å². The van der Waals surface area contributed by atoms with E-state index in [4.69, 9.17) is 5.73 Å². The molecule has 3 heteroatoms. The Bertz CT molecular complexity index is 349. The molecule has 0 bridgehead atoms. The third-order valence-corrected chi connectivity index (χ3v) is 2.89. The van der Waals surface area contributed by atoms with E-state index >= 15 is 0 Å². The lowest BCUT2D eigenvalue weighted by Gasteiger charge is -2.24. The molecule has 2 rings (SSSR count). The predicted octanol–water partition coefficient (Wildman–Crippen LogP) is 2.20. The first kappa shape index (κ1) is 9.46. The van der Waals surface area contributed by atoms with Crippen LogP contribution in [0.4, 0.5) is 10.1 Å². The van der Waals surface area contributed by atoms with Gasteiger partial charge in [-0.2, -0.15) is 0 Å². The Balaban J connectivity index is 2.55. The third kappa shape index (κ3) is 1.38. The van der Waals surface area contributed by atoms with Crippen molar-refractivity contribution in [3.05, 3.63) is 29.1 Å². The van der Waals surface area contributed by atoms with Gasteiger partial charge in [-0.25, -0.2) is 4.39 Å². The zero-order valence-corrected chi connectivity index (χ0v) is 8.31. The highest BCUT2D eigenvalue weighted by Crippen LogP contribution is 2.34. The fourth-order valence-corrected chi connectivity index (χ4v) is 2.18. The number of nitrogens with two attached hydrogens (primary N) is 1. The highest BCUT2D eigenvalue weighted by molar-refractivity contribution is 5.57. The number of rotatable bonds is 1. The van der Waals surface area contributed by atoms with E-state index in [9.17, 15) is 4.39 Å². The quantitative estimate of drug-likeness (QED) is 0.719. The minimum Gasteiger partial charge on any atom is -0.386 e. The maximum absolute atomic E-state index is 13.4. The molecule has 3 N–H and O–H groups in total. The van der Waals surface area contributed by atoms with E-state index in [0.717, 1.165) is 30.4 Å². The topological polar surface area (TPSA) is 38.0 Å². The van der Waals surface area contributed by atoms with Crippen molar-refractivity contribution in [3.63, 3.8) is 0 Å². The van der Waals surface area contributed by atoms with Crippen molar-refractivity contribution in [3.8, 4) is 0 Å². The van der Waals surface area contributed by atoms with Crippen LogP contribution in [0, 0.1) is 5.82 Å². The van der Waals surface area contributed by atoms with Gasteiger partial charge in [0.15, 0.2) is 0 Å². The molecule has 0 heterocycles. The van der Waals surface area contributed by atoms with Gasteiger partial charge in [-0.05, 0) is 36.5 Å². The molecule has 0 radical (unpaired) electrons. The summed E-state index contributed by atoms with van der Waals surface area (Å²) < 4.78 is 13.4. The van der Waals surface area contributed by atoms with Crippen LogP contribution in [0.2, 0.25) is 0 Å². The molecule has 0 fully saturated rings. The number of halogens is 1. The summed E-state index contributed by atoms with van der Waals surface area (Å²) in [6, 6.07) is 3.39. The van der Waals surface area contributed by atoms with E-state index in [1.807, 2.05) is 6.07 Å². The lowest BCUT2D eigenvalue weighted by molar-refractivity contribution is 0.562. The standard InChI is InChI=1S/C11H15FN2/c1-14-11-8-3-2-4-10(13)7(8)5-6-9(11)12/h5-6,10,14H,2-4,13H2,1H3. The van der Waals surface area contributed by atoms with Crippen molar-refractivity contribution >= 4 is 5.69 Å². The Hall–Kier alpha value is -1.09. The molecule has 0 amide bonds. The molecular formula is C11H15FN2. The van der Waals surface area contributed by atoms with Crippen LogP contribution in [0.25, 0.3) is 0 Å². The minimum atomic E-state index is -0.180. The monoisotopic (exact) mass is 194 g/mol. The SMILES string of the molecule is CNc1c(F)ccc2c1CCCC2N. The Morgan fingerprint density at radius 2 is 2.29 bits per heavy atom. The van der Waals surface area contributed by atoms with E-state index in [0.29, 0.717) is 5.69 Å². The van der Waals surface area contributed by atoms with Crippen molar-refractivity contribution in [1.82, 2.24) is 0 Å². The van der Waals surface area contributed by atoms with Crippen LogP contribution >= 0.6 is 0 Å². The summed E-state index contributed by atoms with van der Waals surface area (Å²) in [6.07, 6.45) is 2.98. The van der Waals surface area contributed by atoms with Crippen LogP contribution in [0.3, 0.4) is 0 Å². The largest absolute Gasteiger partial charge is 0.386 e. The molecule has 0 aliphatic heterocycles. The number of fused-ring (bicyclic) bond motifs is 1. The molecule has 14 heavy (non-hydrogen) atoms. The fraction of sp³-hybridized carbons (Fsp3) is 0.455. The van der Waals surface area contributed by atoms with Gasteiger partial charge in [0, 0.05) is 13.1 Å². The fourth-order valence-electron chi connectivity index (χ4n) is 2.18. The Morgan fingerprint density at radius 1 is 1.50 bits per heavy atom. The molecule has 1 aliphatic rings. The molecule has 76 valence electrons. The molecule has 1 aromatic carbocycles. The van der Waals surface area contributed by atoms with Gasteiger partial charge in [0.2, 0.25) is 0 Å². The summed E-state index contributed by atoms with van der Waals surface area (Å²) in [5.41, 5.74) is 8.75. The van der Waals surface area contributed by atoms with Crippen molar-refractivity contribution in [2.45, 2.75) is 25.3 Å². The molecule has 1 aliphatic carbocycles. The number of hydrogen-bond acceptors (Lipinski definition) is 2. The predicted molar refractivity (Wildman–Crippen MR) is 55.8 cm³/mol. The maximum atomic E-state index is 13.4. The normalized spacial score (nSPS) is 20.4. The van der Waals surface area contributed by atoms with E-state index < -0.39 is 0 Å². The molecule has 0 saturated carbocycles. The summed E-state index contributed by atoms with van der Waals surface area (Å²) in [4.78, 5) is 0. The number of hydrogen-bond donors (Lipinski definition) is 2. The van der Waals surface area contributed by atoms with Gasteiger partial charge >= 0.3 is 0 Å². The van der Waals surface area contributed by atoms with Crippen LogP contribution in [-0.4, -0.2) is 7.05 Å². The second kappa shape index (κ2) is 3.58. The molecule has 2 nitrogen and oxygen atoms in total. The summed E-state index contributed by atoms with van der Waals surface area (Å²) in [6.45, 7) is 0. The molecule has 0 spiro atoms. The number of anilines is 1. The molecule has 1 unspecified atom stereocenters. The van der Waals surface area contributed by atoms with E-state index in [2.05, 4.69) is 5.32 Å². The van der Waals surface area contributed by atoms with Crippen LogP contribution in [0.1, 0.15) is 30.0 Å². The lowest BCUT2D eigenvalue weighted by Crippen LogP contribution is -2.19. The highest BCUT2D eigenvalue weighted by atomic mass is 19.1. The van der Waals surface area contributed by atoms with Crippen molar-refractivity contribution in [2.24, 2.45) is 5.73 Å². The van der Waals surface area contributed by atoms with Crippen LogP contribution in [0.15, 0.2) is 12.1 Å².